The largest absolute Gasteiger partial charge is 0.338 e. The highest BCUT2D eigenvalue weighted by atomic mass is 35.5. The summed E-state index contributed by atoms with van der Waals surface area (Å²) in [6.45, 7) is 4.42. The summed E-state index contributed by atoms with van der Waals surface area (Å²) < 4.78 is 0. The number of rotatable bonds is 5. The average molecular weight is 441 g/mol. The number of carbonyl (C=O) groups excluding carboxylic acids is 1. The summed E-state index contributed by atoms with van der Waals surface area (Å²) in [6, 6.07) is 23.2. The average Bonchev–Trinajstić information content (AvgIpc) is 3.29. The quantitative estimate of drug-likeness (QED) is 0.544. The molecule has 1 aromatic heterocycles. The summed E-state index contributed by atoms with van der Waals surface area (Å²) in [4.78, 5) is 17.2. The van der Waals surface area contributed by atoms with Crippen LogP contribution < -0.4 is 5.73 Å². The number of hydrogen-bond acceptors (Lipinski definition) is 3. The molecule has 4 rings (SSSR count). The smallest absolute Gasteiger partial charge is 0.263 e. The Labute approximate surface area is 189 Å². The molecule has 1 aliphatic rings. The molecule has 0 radical (unpaired) electrons. The number of amides is 1. The Morgan fingerprint density at radius 2 is 1.80 bits per heavy atom. The van der Waals surface area contributed by atoms with Crippen LogP contribution >= 0.6 is 23.7 Å². The number of hydrogen-bond donors (Lipinski definition) is 1. The Balaban J connectivity index is 0.00000256. The van der Waals surface area contributed by atoms with E-state index in [9.17, 15) is 4.79 Å². The summed E-state index contributed by atoms with van der Waals surface area (Å²) in [5.41, 5.74) is 9.61. The Morgan fingerprint density at radius 3 is 2.50 bits per heavy atom. The zero-order chi connectivity index (χ0) is 20.2. The second kappa shape index (κ2) is 10.3. The van der Waals surface area contributed by atoms with E-state index in [1.54, 1.807) is 11.3 Å². The lowest BCUT2D eigenvalue weighted by atomic mass is 9.88. The summed E-state index contributed by atoms with van der Waals surface area (Å²) in [5.74, 6) is 1.00. The van der Waals surface area contributed by atoms with E-state index >= 15 is 0 Å². The van der Waals surface area contributed by atoms with Gasteiger partial charge in [-0.25, -0.2) is 0 Å². The molecule has 0 aliphatic carbocycles. The molecule has 2 aromatic carbocycles. The van der Waals surface area contributed by atoms with Gasteiger partial charge in [0, 0.05) is 30.4 Å². The van der Waals surface area contributed by atoms with Crippen molar-refractivity contribution in [3.63, 3.8) is 0 Å². The summed E-state index contributed by atoms with van der Waals surface area (Å²) >= 11 is 1.63. The highest BCUT2D eigenvalue weighted by molar-refractivity contribution is 7.14. The molecular formula is C25H29ClN2OS. The lowest BCUT2D eigenvalue weighted by Gasteiger charge is -2.32. The van der Waals surface area contributed by atoms with E-state index in [-0.39, 0.29) is 18.3 Å². The first-order chi connectivity index (χ1) is 14.2. The monoisotopic (exact) mass is 440 g/mol. The zero-order valence-corrected chi connectivity index (χ0v) is 18.9. The Hall–Kier alpha value is -2.14. The van der Waals surface area contributed by atoms with Crippen molar-refractivity contribution in [2.45, 2.75) is 38.1 Å². The van der Waals surface area contributed by atoms with Gasteiger partial charge in [-0.1, -0.05) is 61.5 Å². The number of nitrogens with zero attached hydrogens (tertiary/aromatic N) is 1. The highest BCUT2D eigenvalue weighted by Crippen LogP contribution is 2.33. The second-order valence-corrected chi connectivity index (χ2v) is 8.97. The topological polar surface area (TPSA) is 46.3 Å². The van der Waals surface area contributed by atoms with E-state index in [4.69, 9.17) is 5.73 Å². The Kier molecular flexibility index (Phi) is 7.70. The fourth-order valence-corrected chi connectivity index (χ4v) is 5.21. The Morgan fingerprint density at radius 1 is 1.07 bits per heavy atom. The summed E-state index contributed by atoms with van der Waals surface area (Å²) in [7, 11) is 0. The van der Waals surface area contributed by atoms with E-state index in [1.165, 1.54) is 21.6 Å². The van der Waals surface area contributed by atoms with Crippen LogP contribution in [0.5, 0.6) is 0 Å². The number of halogens is 1. The third-order valence-corrected chi connectivity index (χ3v) is 7.26. The first-order valence-electron chi connectivity index (χ1n) is 10.4. The molecule has 3 aromatic rings. The molecule has 1 aliphatic heterocycles. The number of benzene rings is 2. The van der Waals surface area contributed by atoms with Crippen molar-refractivity contribution >= 4 is 29.7 Å². The molecule has 1 unspecified atom stereocenters. The van der Waals surface area contributed by atoms with Gasteiger partial charge in [-0.15, -0.1) is 23.7 Å². The molecule has 0 spiro atoms. The van der Waals surface area contributed by atoms with E-state index in [0.29, 0.717) is 18.4 Å². The van der Waals surface area contributed by atoms with E-state index < -0.39 is 0 Å². The van der Waals surface area contributed by atoms with Crippen LogP contribution in [0, 0.1) is 0 Å². The fraction of sp³-hybridized carbons (Fsp3) is 0.320. The standard InChI is InChI=1S/C25H28N2OS.ClH/c1-18(20-7-3-2-4-8-20)23-10-11-24(29-23)25(28)27-14-12-21(13-15-27)22-9-5-6-19(16-22)17-26;/h2-11,16,18,21H,12-15,17,26H2,1H3;1H. The van der Waals surface area contributed by atoms with Crippen molar-refractivity contribution in [1.82, 2.24) is 4.90 Å². The molecule has 2 N–H and O–H groups in total. The van der Waals surface area contributed by atoms with Gasteiger partial charge in [0.05, 0.1) is 4.88 Å². The number of nitrogens with two attached hydrogens (primary N) is 1. The lowest BCUT2D eigenvalue weighted by Crippen LogP contribution is -2.37. The molecule has 1 fully saturated rings. The summed E-state index contributed by atoms with van der Waals surface area (Å²) in [5, 5.41) is 0. The van der Waals surface area contributed by atoms with Crippen molar-refractivity contribution in [2.75, 3.05) is 13.1 Å². The van der Waals surface area contributed by atoms with Crippen molar-refractivity contribution in [2.24, 2.45) is 5.73 Å². The maximum Gasteiger partial charge on any atom is 0.263 e. The first-order valence-corrected chi connectivity index (χ1v) is 11.2. The van der Waals surface area contributed by atoms with Gasteiger partial charge < -0.3 is 10.6 Å². The molecule has 30 heavy (non-hydrogen) atoms. The van der Waals surface area contributed by atoms with Crippen LogP contribution in [0.3, 0.4) is 0 Å². The molecule has 3 nitrogen and oxygen atoms in total. The Bertz CT molecular complexity index is 964. The maximum absolute atomic E-state index is 13.0. The normalized spacial score (nSPS) is 15.5. The van der Waals surface area contributed by atoms with Gasteiger partial charge in [0.2, 0.25) is 0 Å². The molecular weight excluding hydrogens is 412 g/mol. The molecule has 0 bridgehead atoms. The minimum absolute atomic E-state index is 0. The second-order valence-electron chi connectivity index (χ2n) is 7.85. The third-order valence-electron chi connectivity index (χ3n) is 6.00. The van der Waals surface area contributed by atoms with Gasteiger partial charge in [-0.05, 0) is 47.6 Å². The van der Waals surface area contributed by atoms with Gasteiger partial charge in [0.1, 0.15) is 0 Å². The van der Waals surface area contributed by atoms with Crippen LogP contribution in [0.4, 0.5) is 0 Å². The number of carbonyl (C=O) groups is 1. The van der Waals surface area contributed by atoms with Gasteiger partial charge in [0.15, 0.2) is 0 Å². The number of piperidine rings is 1. The predicted molar refractivity (Wildman–Crippen MR) is 128 cm³/mol. The SMILES string of the molecule is CC(c1ccccc1)c1ccc(C(=O)N2CCC(c3cccc(CN)c3)CC2)s1.Cl. The zero-order valence-electron chi connectivity index (χ0n) is 17.3. The van der Waals surface area contributed by atoms with Crippen molar-refractivity contribution in [1.29, 1.82) is 0 Å². The third kappa shape index (κ3) is 4.94. The predicted octanol–water partition coefficient (Wildman–Crippen LogP) is 5.80. The van der Waals surface area contributed by atoms with Gasteiger partial charge in [0.25, 0.3) is 5.91 Å². The van der Waals surface area contributed by atoms with Crippen molar-refractivity contribution in [3.8, 4) is 0 Å². The number of thiophene rings is 1. The summed E-state index contributed by atoms with van der Waals surface area (Å²) in [6.07, 6.45) is 2.02. The van der Waals surface area contributed by atoms with Crippen molar-refractivity contribution in [3.05, 3.63) is 93.2 Å². The van der Waals surface area contributed by atoms with Crippen molar-refractivity contribution < 1.29 is 4.79 Å². The van der Waals surface area contributed by atoms with Crippen LogP contribution in [0.2, 0.25) is 0 Å². The molecule has 1 amide bonds. The van der Waals surface area contributed by atoms with Crippen LogP contribution in [0.15, 0.2) is 66.7 Å². The number of likely N-dealkylation sites (tertiary alicyclic amines) is 1. The minimum atomic E-state index is 0. The molecule has 1 atom stereocenters. The van der Waals surface area contributed by atoms with Gasteiger partial charge >= 0.3 is 0 Å². The molecule has 1 saturated heterocycles. The molecule has 5 heteroatoms. The fourth-order valence-electron chi connectivity index (χ4n) is 4.15. The first kappa shape index (κ1) is 22.5. The molecule has 2 heterocycles. The highest BCUT2D eigenvalue weighted by Gasteiger charge is 2.26. The minimum Gasteiger partial charge on any atom is -0.338 e. The van der Waals surface area contributed by atoms with Crippen LogP contribution in [0.25, 0.3) is 0 Å². The van der Waals surface area contributed by atoms with Gasteiger partial charge in [-0.3, -0.25) is 4.79 Å². The lowest BCUT2D eigenvalue weighted by molar-refractivity contribution is 0.0718. The van der Waals surface area contributed by atoms with E-state index in [0.717, 1.165) is 30.8 Å². The van der Waals surface area contributed by atoms with E-state index in [1.807, 2.05) is 17.0 Å². The van der Waals surface area contributed by atoms with Crippen LogP contribution in [-0.4, -0.2) is 23.9 Å². The van der Waals surface area contributed by atoms with Crippen LogP contribution in [-0.2, 0) is 6.54 Å². The molecule has 158 valence electrons. The van der Waals surface area contributed by atoms with E-state index in [2.05, 4.69) is 61.5 Å². The molecule has 0 saturated carbocycles. The van der Waals surface area contributed by atoms with Gasteiger partial charge in [-0.2, -0.15) is 0 Å². The maximum atomic E-state index is 13.0. The van der Waals surface area contributed by atoms with Crippen LogP contribution in [0.1, 0.15) is 62.8 Å².